The highest BCUT2D eigenvalue weighted by Gasteiger charge is 2.36. The standard InChI is InChI=1S/C29H29N3O4/c1-19-11-14-22(15-12-19)30-27(33)25-16-13-20-6-2-3-9-24(20)32(25)29(35)21-7-4-8-23(18-21)31-28(34)26-10-5-17-36-26/h2-4,6-9,11-12,14-15,18,25-26H,5,10,13,16-17H2,1H3,(H,30,33)(H,31,34). The van der Waals surface area contributed by atoms with E-state index in [1.54, 1.807) is 29.2 Å². The highest BCUT2D eigenvalue weighted by atomic mass is 16.5. The predicted molar refractivity (Wildman–Crippen MR) is 139 cm³/mol. The highest BCUT2D eigenvalue weighted by Crippen LogP contribution is 2.33. The second kappa shape index (κ2) is 10.3. The molecule has 2 aliphatic heterocycles. The maximum absolute atomic E-state index is 13.9. The van der Waals surface area contributed by atoms with E-state index < -0.39 is 12.1 Å². The molecule has 0 aromatic heterocycles. The Hall–Kier alpha value is -3.97. The van der Waals surface area contributed by atoms with Gasteiger partial charge in [-0.15, -0.1) is 0 Å². The summed E-state index contributed by atoms with van der Waals surface area (Å²) in [7, 11) is 0. The Kier molecular flexibility index (Phi) is 6.82. The van der Waals surface area contributed by atoms with E-state index in [0.717, 1.165) is 23.2 Å². The number of rotatable bonds is 5. The summed E-state index contributed by atoms with van der Waals surface area (Å²) in [5.41, 5.74) is 4.45. The Labute approximate surface area is 210 Å². The molecule has 7 nitrogen and oxygen atoms in total. The number of para-hydroxylation sites is 1. The molecule has 0 saturated carbocycles. The quantitative estimate of drug-likeness (QED) is 0.550. The molecule has 1 saturated heterocycles. The van der Waals surface area contributed by atoms with Gasteiger partial charge in [0.25, 0.3) is 11.8 Å². The van der Waals surface area contributed by atoms with Gasteiger partial charge < -0.3 is 15.4 Å². The number of fused-ring (bicyclic) bond motifs is 1. The molecule has 0 radical (unpaired) electrons. The molecule has 0 aliphatic carbocycles. The van der Waals surface area contributed by atoms with Gasteiger partial charge in [0.15, 0.2) is 0 Å². The molecule has 3 amide bonds. The molecule has 1 fully saturated rings. The van der Waals surface area contributed by atoms with Crippen LogP contribution in [0.15, 0.2) is 72.8 Å². The van der Waals surface area contributed by atoms with Crippen LogP contribution in [0.25, 0.3) is 0 Å². The number of benzene rings is 3. The van der Waals surface area contributed by atoms with Gasteiger partial charge in [-0.2, -0.15) is 0 Å². The zero-order valence-electron chi connectivity index (χ0n) is 20.2. The van der Waals surface area contributed by atoms with Gasteiger partial charge in [0.2, 0.25) is 5.91 Å². The van der Waals surface area contributed by atoms with Crippen molar-refractivity contribution in [3.8, 4) is 0 Å². The summed E-state index contributed by atoms with van der Waals surface area (Å²) in [5, 5.41) is 5.83. The monoisotopic (exact) mass is 483 g/mol. The van der Waals surface area contributed by atoms with Crippen molar-refractivity contribution >= 4 is 34.8 Å². The van der Waals surface area contributed by atoms with Crippen LogP contribution < -0.4 is 15.5 Å². The fourth-order valence-electron chi connectivity index (χ4n) is 4.78. The second-order valence-corrected chi connectivity index (χ2v) is 9.29. The molecule has 2 unspecified atom stereocenters. The van der Waals surface area contributed by atoms with Crippen molar-refractivity contribution in [2.24, 2.45) is 0 Å². The Morgan fingerprint density at radius 3 is 2.42 bits per heavy atom. The molecule has 5 rings (SSSR count). The summed E-state index contributed by atoms with van der Waals surface area (Å²) in [5.74, 6) is -0.736. The molecule has 3 aromatic carbocycles. The number of carbonyl (C=O) groups excluding carboxylic acids is 3. The average molecular weight is 484 g/mol. The lowest BCUT2D eigenvalue weighted by Gasteiger charge is -2.36. The summed E-state index contributed by atoms with van der Waals surface area (Å²) in [6, 6.07) is 21.4. The number of anilines is 3. The lowest BCUT2D eigenvalue weighted by atomic mass is 9.94. The van der Waals surface area contributed by atoms with Gasteiger partial charge in [-0.25, -0.2) is 0 Å². The van der Waals surface area contributed by atoms with Gasteiger partial charge in [-0.3, -0.25) is 19.3 Å². The van der Waals surface area contributed by atoms with E-state index in [-0.39, 0.29) is 17.7 Å². The van der Waals surface area contributed by atoms with Crippen molar-refractivity contribution in [1.29, 1.82) is 0 Å². The maximum atomic E-state index is 13.9. The number of nitrogens with one attached hydrogen (secondary N) is 2. The van der Waals surface area contributed by atoms with Crippen LogP contribution in [0.3, 0.4) is 0 Å². The van der Waals surface area contributed by atoms with Crippen LogP contribution in [-0.4, -0.2) is 36.5 Å². The van der Waals surface area contributed by atoms with Gasteiger partial charge in [-0.05, 0) is 74.6 Å². The van der Waals surface area contributed by atoms with Crippen molar-refractivity contribution in [2.75, 3.05) is 22.1 Å². The molecule has 7 heteroatoms. The summed E-state index contributed by atoms with van der Waals surface area (Å²) in [4.78, 5) is 41.4. The van der Waals surface area contributed by atoms with Crippen molar-refractivity contribution in [2.45, 2.75) is 44.8 Å². The van der Waals surface area contributed by atoms with Crippen LogP contribution >= 0.6 is 0 Å². The first-order valence-electron chi connectivity index (χ1n) is 12.3. The summed E-state index contributed by atoms with van der Waals surface area (Å²) in [6.45, 7) is 2.57. The van der Waals surface area contributed by atoms with Crippen molar-refractivity contribution in [3.05, 3.63) is 89.5 Å². The van der Waals surface area contributed by atoms with Crippen molar-refractivity contribution < 1.29 is 19.1 Å². The normalized spacial score (nSPS) is 18.9. The Morgan fingerprint density at radius 1 is 0.861 bits per heavy atom. The van der Waals surface area contributed by atoms with Crippen LogP contribution in [0, 0.1) is 6.92 Å². The van der Waals surface area contributed by atoms with E-state index in [9.17, 15) is 14.4 Å². The summed E-state index contributed by atoms with van der Waals surface area (Å²) in [6.07, 6.45) is 2.29. The number of aryl methyl sites for hydroxylation is 2. The first kappa shape index (κ1) is 23.8. The van der Waals surface area contributed by atoms with E-state index in [0.29, 0.717) is 42.8 Å². The fraction of sp³-hybridized carbons (Fsp3) is 0.276. The Morgan fingerprint density at radius 2 is 1.64 bits per heavy atom. The van der Waals surface area contributed by atoms with Crippen LogP contribution in [0.4, 0.5) is 17.1 Å². The molecule has 36 heavy (non-hydrogen) atoms. The fourth-order valence-corrected chi connectivity index (χ4v) is 4.78. The first-order valence-corrected chi connectivity index (χ1v) is 12.3. The van der Waals surface area contributed by atoms with Crippen molar-refractivity contribution in [1.82, 2.24) is 0 Å². The van der Waals surface area contributed by atoms with Gasteiger partial charge in [-0.1, -0.05) is 42.0 Å². The van der Waals surface area contributed by atoms with Crippen LogP contribution in [0.1, 0.15) is 40.7 Å². The molecule has 2 heterocycles. The van der Waals surface area contributed by atoms with Crippen LogP contribution in [-0.2, 0) is 20.7 Å². The minimum Gasteiger partial charge on any atom is -0.368 e. The summed E-state index contributed by atoms with van der Waals surface area (Å²) < 4.78 is 5.46. The average Bonchev–Trinajstić information content (AvgIpc) is 3.44. The minimum absolute atomic E-state index is 0.212. The minimum atomic E-state index is -0.668. The number of nitrogens with zero attached hydrogens (tertiary/aromatic N) is 1. The summed E-state index contributed by atoms with van der Waals surface area (Å²) >= 11 is 0. The zero-order chi connectivity index (χ0) is 25.1. The van der Waals surface area contributed by atoms with Gasteiger partial charge >= 0.3 is 0 Å². The highest BCUT2D eigenvalue weighted by molar-refractivity contribution is 6.13. The zero-order valence-corrected chi connectivity index (χ0v) is 20.2. The number of hydrogen-bond donors (Lipinski definition) is 2. The van der Waals surface area contributed by atoms with E-state index in [4.69, 9.17) is 4.74 Å². The third-order valence-electron chi connectivity index (χ3n) is 6.69. The smallest absolute Gasteiger partial charge is 0.259 e. The Balaban J connectivity index is 1.41. The van der Waals surface area contributed by atoms with Crippen LogP contribution in [0.5, 0.6) is 0 Å². The first-order chi connectivity index (χ1) is 17.5. The molecule has 3 aromatic rings. The molecule has 0 spiro atoms. The molecule has 2 atom stereocenters. The number of carbonyl (C=O) groups is 3. The molecule has 0 bridgehead atoms. The van der Waals surface area contributed by atoms with E-state index in [1.165, 1.54) is 0 Å². The Bertz CT molecular complexity index is 1280. The molecular formula is C29H29N3O4. The van der Waals surface area contributed by atoms with Crippen molar-refractivity contribution in [3.63, 3.8) is 0 Å². The third-order valence-corrected chi connectivity index (χ3v) is 6.69. The lowest BCUT2D eigenvalue weighted by Crippen LogP contribution is -2.50. The number of amides is 3. The number of hydrogen-bond acceptors (Lipinski definition) is 4. The SMILES string of the molecule is Cc1ccc(NC(=O)C2CCc3ccccc3N2C(=O)c2cccc(NC(=O)C3CCCO3)c2)cc1. The van der Waals surface area contributed by atoms with Gasteiger partial charge in [0, 0.05) is 29.2 Å². The van der Waals surface area contributed by atoms with Gasteiger partial charge in [0.1, 0.15) is 12.1 Å². The maximum Gasteiger partial charge on any atom is 0.259 e. The third kappa shape index (κ3) is 5.02. The van der Waals surface area contributed by atoms with Crippen LogP contribution in [0.2, 0.25) is 0 Å². The lowest BCUT2D eigenvalue weighted by molar-refractivity contribution is -0.124. The molecular weight excluding hydrogens is 454 g/mol. The number of ether oxygens (including phenoxy) is 1. The molecule has 2 N–H and O–H groups in total. The van der Waals surface area contributed by atoms with E-state index in [2.05, 4.69) is 10.6 Å². The van der Waals surface area contributed by atoms with E-state index in [1.807, 2.05) is 55.5 Å². The van der Waals surface area contributed by atoms with Gasteiger partial charge in [0.05, 0.1) is 0 Å². The van der Waals surface area contributed by atoms with E-state index >= 15 is 0 Å². The molecule has 184 valence electrons. The predicted octanol–water partition coefficient (Wildman–Crippen LogP) is 4.71. The topological polar surface area (TPSA) is 87.7 Å². The molecule has 2 aliphatic rings. The second-order valence-electron chi connectivity index (χ2n) is 9.29. The largest absolute Gasteiger partial charge is 0.368 e.